The van der Waals surface area contributed by atoms with E-state index in [0.29, 0.717) is 25.1 Å². The monoisotopic (exact) mass is 409 g/mol. The van der Waals surface area contributed by atoms with Gasteiger partial charge in [-0.25, -0.2) is 4.98 Å². The summed E-state index contributed by atoms with van der Waals surface area (Å²) >= 11 is 0. The third-order valence-corrected chi connectivity index (χ3v) is 5.52. The van der Waals surface area contributed by atoms with E-state index in [-0.39, 0.29) is 0 Å². The molecular weight excluding hydrogens is 374 g/mol. The SMILES string of the molecule is CCCOc1ccc(CNC(=NC)NC2CCN(Cc3ccccc3C)CC2)cn1. The van der Waals surface area contributed by atoms with Crippen LogP contribution in [0, 0.1) is 6.92 Å². The maximum atomic E-state index is 5.54. The highest BCUT2D eigenvalue weighted by atomic mass is 16.5. The van der Waals surface area contributed by atoms with Crippen LogP contribution in [0.1, 0.15) is 42.9 Å². The quantitative estimate of drug-likeness (QED) is 0.516. The van der Waals surface area contributed by atoms with E-state index in [1.807, 2.05) is 25.4 Å². The minimum absolute atomic E-state index is 0.451. The van der Waals surface area contributed by atoms with Crippen molar-refractivity contribution >= 4 is 5.96 Å². The zero-order valence-corrected chi connectivity index (χ0v) is 18.5. The second-order valence-corrected chi connectivity index (χ2v) is 7.90. The molecule has 0 spiro atoms. The summed E-state index contributed by atoms with van der Waals surface area (Å²) in [4.78, 5) is 11.3. The number of benzene rings is 1. The van der Waals surface area contributed by atoms with Crippen molar-refractivity contribution < 1.29 is 4.74 Å². The van der Waals surface area contributed by atoms with Crippen LogP contribution in [0.3, 0.4) is 0 Å². The smallest absolute Gasteiger partial charge is 0.213 e. The Labute approximate surface area is 180 Å². The van der Waals surface area contributed by atoms with Crippen molar-refractivity contribution in [3.05, 3.63) is 59.3 Å². The number of pyridine rings is 1. The summed E-state index contributed by atoms with van der Waals surface area (Å²) in [5.74, 6) is 1.53. The molecule has 0 radical (unpaired) electrons. The van der Waals surface area contributed by atoms with Crippen molar-refractivity contribution in [1.29, 1.82) is 0 Å². The fourth-order valence-corrected chi connectivity index (χ4v) is 3.65. The van der Waals surface area contributed by atoms with Gasteiger partial charge >= 0.3 is 0 Å². The van der Waals surface area contributed by atoms with Gasteiger partial charge in [0, 0.05) is 51.5 Å². The molecule has 3 rings (SSSR count). The number of likely N-dealkylation sites (tertiary alicyclic amines) is 1. The average molecular weight is 410 g/mol. The number of aliphatic imine (C=N–C) groups is 1. The number of aryl methyl sites for hydroxylation is 1. The molecule has 0 amide bonds. The average Bonchev–Trinajstić information content (AvgIpc) is 2.78. The second kappa shape index (κ2) is 11.6. The molecule has 1 aliphatic heterocycles. The van der Waals surface area contributed by atoms with Crippen LogP contribution >= 0.6 is 0 Å². The Morgan fingerprint density at radius 3 is 2.67 bits per heavy atom. The molecule has 1 fully saturated rings. The number of hydrogen-bond acceptors (Lipinski definition) is 4. The number of nitrogens with zero attached hydrogens (tertiary/aromatic N) is 3. The van der Waals surface area contributed by atoms with Gasteiger partial charge in [0.25, 0.3) is 0 Å². The molecule has 2 heterocycles. The number of ether oxygens (including phenoxy) is 1. The van der Waals surface area contributed by atoms with E-state index in [1.54, 1.807) is 0 Å². The first-order valence-electron chi connectivity index (χ1n) is 11.0. The third-order valence-electron chi connectivity index (χ3n) is 5.52. The highest BCUT2D eigenvalue weighted by Crippen LogP contribution is 2.16. The van der Waals surface area contributed by atoms with Crippen LogP contribution in [0.5, 0.6) is 5.88 Å². The van der Waals surface area contributed by atoms with Gasteiger partial charge in [-0.1, -0.05) is 37.3 Å². The zero-order chi connectivity index (χ0) is 21.2. The van der Waals surface area contributed by atoms with Gasteiger partial charge < -0.3 is 15.4 Å². The molecule has 30 heavy (non-hydrogen) atoms. The first-order chi connectivity index (χ1) is 14.7. The molecule has 6 nitrogen and oxygen atoms in total. The molecule has 0 bridgehead atoms. The summed E-state index contributed by atoms with van der Waals surface area (Å²) in [5, 5.41) is 6.98. The lowest BCUT2D eigenvalue weighted by Gasteiger charge is -2.33. The van der Waals surface area contributed by atoms with E-state index >= 15 is 0 Å². The summed E-state index contributed by atoms with van der Waals surface area (Å²) in [7, 11) is 1.82. The molecule has 162 valence electrons. The fraction of sp³-hybridized carbons (Fsp3) is 0.500. The normalized spacial score (nSPS) is 15.8. The predicted octanol–water partition coefficient (Wildman–Crippen LogP) is 3.51. The number of nitrogens with one attached hydrogen (secondary N) is 2. The first-order valence-corrected chi connectivity index (χ1v) is 11.0. The molecule has 0 saturated carbocycles. The largest absolute Gasteiger partial charge is 0.478 e. The number of guanidine groups is 1. The third kappa shape index (κ3) is 6.73. The second-order valence-electron chi connectivity index (χ2n) is 7.90. The van der Waals surface area contributed by atoms with E-state index in [4.69, 9.17) is 4.74 Å². The van der Waals surface area contributed by atoms with E-state index in [2.05, 4.69) is 63.6 Å². The van der Waals surface area contributed by atoms with Crippen molar-refractivity contribution in [3.63, 3.8) is 0 Å². The van der Waals surface area contributed by atoms with Crippen molar-refractivity contribution in [2.45, 2.75) is 52.2 Å². The van der Waals surface area contributed by atoms with Crippen LogP contribution in [0.25, 0.3) is 0 Å². The number of piperidine rings is 1. The van der Waals surface area contributed by atoms with E-state index in [1.165, 1.54) is 11.1 Å². The Morgan fingerprint density at radius 1 is 1.20 bits per heavy atom. The molecule has 1 aliphatic rings. The van der Waals surface area contributed by atoms with Crippen molar-refractivity contribution in [1.82, 2.24) is 20.5 Å². The highest BCUT2D eigenvalue weighted by molar-refractivity contribution is 5.79. The Kier molecular flexibility index (Phi) is 8.51. The van der Waals surface area contributed by atoms with Gasteiger partial charge in [-0.15, -0.1) is 0 Å². The summed E-state index contributed by atoms with van der Waals surface area (Å²) in [6, 6.07) is 13.1. The van der Waals surface area contributed by atoms with Crippen molar-refractivity contribution in [2.24, 2.45) is 4.99 Å². The molecule has 6 heteroatoms. The van der Waals surface area contributed by atoms with Crippen LogP contribution < -0.4 is 15.4 Å². The van der Waals surface area contributed by atoms with Crippen molar-refractivity contribution in [3.8, 4) is 5.88 Å². The van der Waals surface area contributed by atoms with Crippen LogP contribution in [-0.4, -0.2) is 48.6 Å². The van der Waals surface area contributed by atoms with Crippen molar-refractivity contribution in [2.75, 3.05) is 26.7 Å². The first kappa shape index (κ1) is 22.1. The van der Waals surface area contributed by atoms with Crippen LogP contribution in [-0.2, 0) is 13.1 Å². The molecular formula is C24H35N5O. The van der Waals surface area contributed by atoms with Crippen LogP contribution in [0.15, 0.2) is 47.6 Å². The topological polar surface area (TPSA) is 61.8 Å². The van der Waals surface area contributed by atoms with Gasteiger partial charge in [-0.3, -0.25) is 9.89 Å². The molecule has 2 aromatic rings. The number of rotatable bonds is 8. The maximum absolute atomic E-state index is 5.54. The summed E-state index contributed by atoms with van der Waals surface area (Å²) in [6.45, 7) is 8.92. The minimum Gasteiger partial charge on any atom is -0.478 e. The molecule has 0 atom stereocenters. The van der Waals surface area contributed by atoms with E-state index < -0.39 is 0 Å². The van der Waals surface area contributed by atoms with Gasteiger partial charge in [0.2, 0.25) is 5.88 Å². The summed E-state index contributed by atoms with van der Waals surface area (Å²) in [6.07, 6.45) is 5.09. The van der Waals surface area contributed by atoms with Gasteiger partial charge in [0.15, 0.2) is 5.96 Å². The predicted molar refractivity (Wildman–Crippen MR) is 123 cm³/mol. The van der Waals surface area contributed by atoms with Crippen LogP contribution in [0.4, 0.5) is 0 Å². The van der Waals surface area contributed by atoms with Gasteiger partial charge in [0.05, 0.1) is 6.61 Å². The fourth-order valence-electron chi connectivity index (χ4n) is 3.65. The van der Waals surface area contributed by atoms with Gasteiger partial charge in [-0.2, -0.15) is 0 Å². The Morgan fingerprint density at radius 2 is 2.00 bits per heavy atom. The lowest BCUT2D eigenvalue weighted by molar-refractivity contribution is 0.198. The molecule has 1 saturated heterocycles. The lowest BCUT2D eigenvalue weighted by atomic mass is 10.0. The molecule has 1 aromatic heterocycles. The van der Waals surface area contributed by atoms with Gasteiger partial charge in [-0.05, 0) is 42.9 Å². The molecule has 1 aromatic carbocycles. The summed E-state index contributed by atoms with van der Waals surface area (Å²) < 4.78 is 5.54. The molecule has 0 unspecified atom stereocenters. The maximum Gasteiger partial charge on any atom is 0.213 e. The number of aromatic nitrogens is 1. The highest BCUT2D eigenvalue weighted by Gasteiger charge is 2.20. The Balaban J connectivity index is 1.40. The standard InChI is InChI=1S/C24H35N5O/c1-4-15-30-23-10-9-20(16-26-23)17-27-24(25-3)28-22-11-13-29(14-12-22)18-21-8-6-5-7-19(21)2/h5-10,16,22H,4,11-15,17-18H2,1-3H3,(H2,25,27,28). The Bertz CT molecular complexity index is 797. The Hall–Kier alpha value is -2.60. The van der Waals surface area contributed by atoms with E-state index in [0.717, 1.165) is 50.4 Å². The van der Waals surface area contributed by atoms with Gasteiger partial charge in [0.1, 0.15) is 0 Å². The summed E-state index contributed by atoms with van der Waals surface area (Å²) in [5.41, 5.74) is 3.91. The molecule has 2 N–H and O–H groups in total. The molecule has 0 aliphatic carbocycles. The van der Waals surface area contributed by atoms with Crippen LogP contribution in [0.2, 0.25) is 0 Å². The minimum atomic E-state index is 0.451. The van der Waals surface area contributed by atoms with E-state index in [9.17, 15) is 0 Å². The lowest BCUT2D eigenvalue weighted by Crippen LogP contribution is -2.48. The zero-order valence-electron chi connectivity index (χ0n) is 18.5. The number of hydrogen-bond donors (Lipinski definition) is 2.